The molecule has 0 atom stereocenters. The second-order valence-corrected chi connectivity index (χ2v) is 24.2. The predicted molar refractivity (Wildman–Crippen MR) is 278 cm³/mol. The zero-order valence-corrected chi connectivity index (χ0v) is 43.9. The maximum absolute atomic E-state index is 12.7. The van der Waals surface area contributed by atoms with Crippen LogP contribution >= 0.6 is 0 Å². The van der Waals surface area contributed by atoms with Crippen LogP contribution < -0.4 is 15.0 Å². The fourth-order valence-electron chi connectivity index (χ4n) is 9.90. The lowest BCUT2D eigenvalue weighted by Crippen LogP contribution is -2.38. The van der Waals surface area contributed by atoms with Crippen LogP contribution in [0.4, 0.5) is 11.4 Å². The van der Waals surface area contributed by atoms with Gasteiger partial charge in [-0.25, -0.2) is 0 Å². The van der Waals surface area contributed by atoms with E-state index >= 15 is 0 Å². The summed E-state index contributed by atoms with van der Waals surface area (Å²) in [7, 11) is -12.8. The Labute approximate surface area is 428 Å². The van der Waals surface area contributed by atoms with Gasteiger partial charge in [-0.1, -0.05) is 50.3 Å². The number of aryl methyl sites for hydroxylation is 1. The van der Waals surface area contributed by atoms with Crippen molar-refractivity contribution in [2.24, 2.45) is 0 Å². The Morgan fingerprint density at radius 1 is 0.753 bits per heavy atom. The summed E-state index contributed by atoms with van der Waals surface area (Å²) in [6, 6.07) is 19.9. The van der Waals surface area contributed by atoms with Gasteiger partial charge in [0.2, 0.25) is 11.6 Å². The number of anilines is 1. The number of hydrogen-bond acceptors (Lipinski definition) is 11. The van der Waals surface area contributed by atoms with Crippen molar-refractivity contribution in [3.8, 4) is 5.75 Å². The molecule has 0 radical (unpaired) electrons. The molecule has 3 aromatic carbocycles. The fourth-order valence-corrected chi connectivity index (χ4v) is 11.5. The summed E-state index contributed by atoms with van der Waals surface area (Å²) in [5.41, 5.74) is 6.66. The number of fused-ring (bicyclic) bond motifs is 2. The summed E-state index contributed by atoms with van der Waals surface area (Å²) in [6.45, 7) is 9.24. The first kappa shape index (κ1) is 54.7. The Morgan fingerprint density at radius 3 is 2.10 bits per heavy atom. The molecule has 0 saturated heterocycles. The molecule has 0 bridgehead atoms. The number of hydrogen-bond donors (Lipinski definition) is 4. The third kappa shape index (κ3) is 13.4. The van der Waals surface area contributed by atoms with Crippen LogP contribution in [0.1, 0.15) is 95.8 Å². The number of rotatable bonds is 22. The van der Waals surface area contributed by atoms with Crippen LogP contribution in [0.2, 0.25) is 0 Å². The number of benzene rings is 3. The molecule has 17 nitrogen and oxygen atoms in total. The highest BCUT2D eigenvalue weighted by Gasteiger charge is 2.44. The minimum Gasteiger partial charge on any atom is -0.457 e. The van der Waals surface area contributed by atoms with E-state index in [4.69, 9.17) is 4.74 Å². The predicted octanol–water partition coefficient (Wildman–Crippen LogP) is 7.30. The molecule has 20 heteroatoms. The van der Waals surface area contributed by atoms with Crippen molar-refractivity contribution in [1.82, 2.24) is 10.2 Å². The van der Waals surface area contributed by atoms with E-state index < -0.39 is 58.8 Å². The van der Waals surface area contributed by atoms with Crippen LogP contribution in [0, 0.1) is 0 Å². The largest absolute Gasteiger partial charge is 0.457 e. The van der Waals surface area contributed by atoms with E-state index in [1.807, 2.05) is 73.4 Å². The number of carbonyl (C=O) groups excluding carboxylic acids is 3. The van der Waals surface area contributed by atoms with Gasteiger partial charge in [-0.15, -0.1) is 0 Å². The van der Waals surface area contributed by atoms with Gasteiger partial charge in [-0.2, -0.15) is 29.8 Å². The fraction of sp³-hybridized carbons (Fsp3) is 0.396. The number of allylic oxidation sites excluding steroid dienone is 7. The SMILES string of the molecule is CC1(C)C(=CC=C2CCCC(C=CC3=[N+](CCCCS(=O)(=O)O)c4ccccc4C3(C)C)=C2Oc2ccc(CCC(=O)NCCN3C(=O)C=CC3=O)cc2)N(CCCCS(=O)(=O)O)c2ccc(S(=O)(=O)O)cc21. The van der Waals surface area contributed by atoms with Crippen LogP contribution in [0.5, 0.6) is 5.75 Å². The standard InChI is InChI=1S/C53H62N4O13S3/c1-52(2)42-14-5-6-15-44(42)55(31-7-9-34-71(61,62)63)46(52)25-19-38-12-11-13-39(51(38)70-40-21-16-37(17-22-40)18-27-48(58)54-30-33-57-49(59)28-29-50(57)60)20-26-47-53(3,4)43-36-41(73(67,68)69)23-24-45(43)56(47)32-8-10-35-72(64,65)66/h5-6,14-17,19-26,28-29,36H,7-13,18,27,30-35H2,1-4H3,(H3-,54,58,61,62,63,64,65,66,67,68,69)/p+1. The number of imide groups is 1. The molecule has 390 valence electrons. The Balaban J connectivity index is 1.23. The lowest BCUT2D eigenvalue weighted by Gasteiger charge is -2.27. The Bertz CT molecular complexity index is 3190. The average molecular weight is 1060 g/mol. The lowest BCUT2D eigenvalue weighted by molar-refractivity contribution is -0.438. The topological polar surface area (TPSA) is 245 Å². The highest BCUT2D eigenvalue weighted by Crippen LogP contribution is 2.49. The Hall–Kier alpha value is -6.03. The second kappa shape index (κ2) is 22.2. The van der Waals surface area contributed by atoms with Crippen LogP contribution in [0.25, 0.3) is 0 Å². The molecule has 0 unspecified atom stereocenters. The number of unbranched alkanes of at least 4 members (excludes halogenated alkanes) is 2. The summed E-state index contributed by atoms with van der Waals surface area (Å²) in [4.78, 5) is 39.2. The molecule has 73 heavy (non-hydrogen) atoms. The van der Waals surface area contributed by atoms with Crippen LogP contribution in [-0.4, -0.2) is 110 Å². The van der Waals surface area contributed by atoms with E-state index in [1.54, 1.807) is 6.07 Å². The van der Waals surface area contributed by atoms with Crippen molar-refractivity contribution >= 4 is 65.2 Å². The van der Waals surface area contributed by atoms with E-state index in [1.165, 1.54) is 24.3 Å². The van der Waals surface area contributed by atoms with Gasteiger partial charge in [0.05, 0.1) is 21.8 Å². The zero-order chi connectivity index (χ0) is 52.9. The van der Waals surface area contributed by atoms with Gasteiger partial charge in [0.15, 0.2) is 5.71 Å². The highest BCUT2D eigenvalue weighted by molar-refractivity contribution is 7.86. The first-order valence-corrected chi connectivity index (χ1v) is 28.9. The van der Waals surface area contributed by atoms with Crippen molar-refractivity contribution in [1.29, 1.82) is 0 Å². The number of para-hydroxylation sites is 1. The smallest absolute Gasteiger partial charge is 0.294 e. The van der Waals surface area contributed by atoms with E-state index in [2.05, 4.69) is 42.0 Å². The maximum atomic E-state index is 12.7. The third-order valence-corrected chi connectivity index (χ3v) is 16.2. The van der Waals surface area contributed by atoms with Gasteiger partial charge in [0.25, 0.3) is 42.2 Å². The minimum absolute atomic E-state index is 0.0763. The van der Waals surface area contributed by atoms with Crippen molar-refractivity contribution in [2.75, 3.05) is 42.6 Å². The highest BCUT2D eigenvalue weighted by atomic mass is 32.2. The number of carbonyl (C=O) groups is 3. The van der Waals surface area contributed by atoms with Gasteiger partial charge < -0.3 is 15.0 Å². The summed E-state index contributed by atoms with van der Waals surface area (Å²) in [5.74, 6) is -0.650. The molecule has 0 spiro atoms. The summed E-state index contributed by atoms with van der Waals surface area (Å²) in [5, 5.41) is 2.77. The molecule has 1 aliphatic carbocycles. The van der Waals surface area contributed by atoms with Crippen LogP contribution in [0.15, 0.2) is 131 Å². The average Bonchev–Trinajstić information content (AvgIpc) is 3.84. The van der Waals surface area contributed by atoms with Crippen molar-refractivity contribution < 1.29 is 62.6 Å². The van der Waals surface area contributed by atoms with Gasteiger partial charge in [0.1, 0.15) is 18.1 Å². The molecular weight excluding hydrogens is 997 g/mol. The normalized spacial score (nSPS) is 18.7. The van der Waals surface area contributed by atoms with E-state index in [0.717, 1.165) is 50.7 Å². The molecule has 0 saturated carbocycles. The van der Waals surface area contributed by atoms with E-state index in [9.17, 15) is 53.3 Å². The molecule has 7 rings (SSSR count). The van der Waals surface area contributed by atoms with Crippen molar-refractivity contribution in [2.45, 2.75) is 101 Å². The van der Waals surface area contributed by atoms with Crippen LogP contribution in [-0.2, 0) is 62.0 Å². The first-order valence-electron chi connectivity index (χ1n) is 24.3. The van der Waals surface area contributed by atoms with Crippen molar-refractivity contribution in [3.63, 3.8) is 0 Å². The molecule has 3 heterocycles. The molecule has 3 aromatic rings. The molecule has 0 fully saturated rings. The third-order valence-electron chi connectivity index (χ3n) is 13.7. The first-order chi connectivity index (χ1) is 34.3. The Morgan fingerprint density at radius 2 is 1.42 bits per heavy atom. The number of ether oxygens (including phenoxy) is 1. The molecular formula is C53H63N4O13S3+. The lowest BCUT2D eigenvalue weighted by atomic mass is 9.81. The molecule has 3 amide bonds. The zero-order valence-electron chi connectivity index (χ0n) is 41.4. The van der Waals surface area contributed by atoms with Gasteiger partial charge >= 0.3 is 0 Å². The van der Waals surface area contributed by atoms with Gasteiger partial charge in [-0.3, -0.25) is 32.9 Å². The quantitative estimate of drug-likeness (QED) is 0.0334. The number of nitrogens with one attached hydrogen (secondary N) is 1. The van der Waals surface area contributed by atoms with Crippen LogP contribution in [0.3, 0.4) is 0 Å². The summed E-state index contributed by atoms with van der Waals surface area (Å²) < 4.78 is 109. The molecule has 3 aliphatic heterocycles. The molecule has 0 aromatic heterocycles. The minimum atomic E-state index is -4.54. The maximum Gasteiger partial charge on any atom is 0.294 e. The monoisotopic (exact) mass is 1060 g/mol. The number of nitrogens with zero attached hydrogens (tertiary/aromatic N) is 3. The number of amides is 3. The van der Waals surface area contributed by atoms with E-state index in [0.29, 0.717) is 68.0 Å². The Kier molecular flexibility index (Phi) is 16.7. The van der Waals surface area contributed by atoms with Gasteiger partial charge in [0, 0.05) is 79.1 Å². The van der Waals surface area contributed by atoms with Crippen molar-refractivity contribution in [3.05, 3.63) is 142 Å². The molecule has 4 N–H and O–H groups in total. The second-order valence-electron chi connectivity index (χ2n) is 19.6. The summed E-state index contributed by atoms with van der Waals surface area (Å²) in [6.07, 6.45) is 14.5. The van der Waals surface area contributed by atoms with E-state index in [-0.39, 0.29) is 48.9 Å². The summed E-state index contributed by atoms with van der Waals surface area (Å²) >= 11 is 0. The van der Waals surface area contributed by atoms with Gasteiger partial charge in [-0.05, 0) is 124 Å². The molecule has 4 aliphatic rings.